The van der Waals surface area contributed by atoms with E-state index in [1.54, 1.807) is 0 Å². The molecular weight excluding hydrogens is 414 g/mol. The Balaban J connectivity index is 1.64. The van der Waals surface area contributed by atoms with E-state index in [0.29, 0.717) is 17.8 Å². The molecule has 3 heterocycles. The molecule has 0 spiro atoms. The number of aliphatic hydroxyl groups is 4. The van der Waals surface area contributed by atoms with Crippen LogP contribution < -0.4 is 5.32 Å². The molecule has 1 unspecified atom stereocenters. The summed E-state index contributed by atoms with van der Waals surface area (Å²) in [4.78, 5) is 12.7. The van der Waals surface area contributed by atoms with Gasteiger partial charge in [-0.25, -0.2) is 4.98 Å². The van der Waals surface area contributed by atoms with Crippen molar-refractivity contribution >= 4 is 28.6 Å². The fourth-order valence-corrected chi connectivity index (χ4v) is 3.70. The fraction of sp³-hybridized carbons (Fsp3) is 0.421. The highest BCUT2D eigenvalue weighted by Crippen LogP contribution is 2.32. The normalized spacial score (nSPS) is 25.0. The van der Waals surface area contributed by atoms with Gasteiger partial charge in [-0.3, -0.25) is 4.57 Å². The number of aromatic nitrogens is 4. The van der Waals surface area contributed by atoms with Gasteiger partial charge in [-0.05, 0) is 23.6 Å². The highest BCUT2D eigenvalue weighted by Gasteiger charge is 2.44. The van der Waals surface area contributed by atoms with Gasteiger partial charge < -0.3 is 30.5 Å². The van der Waals surface area contributed by atoms with E-state index in [1.165, 1.54) is 10.9 Å². The van der Waals surface area contributed by atoms with Gasteiger partial charge in [-0.15, -0.1) is 0 Å². The van der Waals surface area contributed by atoms with Gasteiger partial charge in [0.05, 0.1) is 25.6 Å². The molecule has 160 valence electrons. The zero-order chi connectivity index (χ0) is 21.3. The van der Waals surface area contributed by atoms with Crippen LogP contribution in [0, 0.1) is 0 Å². The Hall–Kier alpha value is -2.34. The second kappa shape index (κ2) is 8.80. The minimum absolute atomic E-state index is 0.0603. The van der Waals surface area contributed by atoms with Crippen LogP contribution in [0.5, 0.6) is 0 Å². The van der Waals surface area contributed by atoms with Crippen LogP contribution in [0.1, 0.15) is 11.8 Å². The number of aliphatic hydroxyl groups excluding tert-OH is 4. The summed E-state index contributed by atoms with van der Waals surface area (Å²) in [5.74, 6) is 0.325. The first-order valence-electron chi connectivity index (χ1n) is 9.45. The second-order valence-corrected chi connectivity index (χ2v) is 7.45. The molecule has 1 saturated heterocycles. The average Bonchev–Trinajstić information content (AvgIpc) is 3.29. The van der Waals surface area contributed by atoms with Crippen LogP contribution in [0.4, 0.5) is 5.82 Å². The predicted molar refractivity (Wildman–Crippen MR) is 108 cm³/mol. The Morgan fingerprint density at radius 3 is 2.57 bits per heavy atom. The molecule has 5 atom stereocenters. The molecule has 1 aliphatic heterocycles. The number of fused-ring (bicyclic) bond motifs is 1. The Bertz CT molecular complexity index is 1000. The number of ether oxygens (including phenoxy) is 1. The summed E-state index contributed by atoms with van der Waals surface area (Å²) in [6.45, 7) is -0.588. The highest BCUT2D eigenvalue weighted by atomic mass is 35.5. The number of rotatable bonds is 7. The predicted octanol–water partition coefficient (Wildman–Crippen LogP) is 0.107. The van der Waals surface area contributed by atoms with Gasteiger partial charge in [0.25, 0.3) is 0 Å². The third-order valence-electron chi connectivity index (χ3n) is 5.07. The molecule has 1 aromatic carbocycles. The zero-order valence-corrected chi connectivity index (χ0v) is 16.6. The highest BCUT2D eigenvalue weighted by molar-refractivity contribution is 6.28. The van der Waals surface area contributed by atoms with Crippen molar-refractivity contribution < 1.29 is 25.2 Å². The molecule has 0 saturated carbocycles. The first-order valence-corrected chi connectivity index (χ1v) is 9.83. The van der Waals surface area contributed by atoms with Crippen LogP contribution in [0.25, 0.3) is 11.2 Å². The summed E-state index contributed by atoms with van der Waals surface area (Å²) in [6, 6.07) is 9.34. The van der Waals surface area contributed by atoms with E-state index in [-0.39, 0.29) is 23.6 Å². The molecule has 0 aliphatic carbocycles. The lowest BCUT2D eigenvalue weighted by molar-refractivity contribution is -0.0511. The third-order valence-corrected chi connectivity index (χ3v) is 5.24. The molecule has 10 nitrogen and oxygen atoms in total. The van der Waals surface area contributed by atoms with Crippen molar-refractivity contribution in [3.63, 3.8) is 0 Å². The number of nitrogens with one attached hydrogen (secondary N) is 1. The van der Waals surface area contributed by atoms with Gasteiger partial charge in [0.1, 0.15) is 18.3 Å². The lowest BCUT2D eigenvalue weighted by Crippen LogP contribution is -2.33. The molecular formula is C19H22ClN5O5. The number of imidazole rings is 1. The summed E-state index contributed by atoms with van der Waals surface area (Å²) in [7, 11) is 0. The van der Waals surface area contributed by atoms with E-state index < -0.39 is 31.1 Å². The maximum Gasteiger partial charge on any atom is 0.226 e. The topological polar surface area (TPSA) is 146 Å². The summed E-state index contributed by atoms with van der Waals surface area (Å²) < 4.78 is 6.99. The first kappa shape index (κ1) is 20.9. The van der Waals surface area contributed by atoms with Crippen LogP contribution in [0.2, 0.25) is 5.28 Å². The number of anilines is 1. The lowest BCUT2D eigenvalue weighted by atomic mass is 10.1. The quantitative estimate of drug-likeness (QED) is 0.326. The van der Waals surface area contributed by atoms with Crippen molar-refractivity contribution in [2.24, 2.45) is 0 Å². The van der Waals surface area contributed by atoms with Crippen molar-refractivity contribution in [2.75, 3.05) is 18.5 Å². The standard InChI is InChI=1S/C19H22ClN5O5/c20-19-23-16(22-11(7-26)6-10-4-2-1-3-5-10)13-17(24-19)25(9-21-13)18-15(29)14(28)12(8-27)30-18/h1-5,9,11-12,14-15,18,26-29H,6-8H2,(H,22,23,24)/t11-,12-,14-,15-,18?/m1/s1. The summed E-state index contributed by atoms with van der Waals surface area (Å²) in [6.07, 6.45) is -2.52. The Morgan fingerprint density at radius 2 is 1.90 bits per heavy atom. The van der Waals surface area contributed by atoms with E-state index >= 15 is 0 Å². The Morgan fingerprint density at radius 1 is 1.13 bits per heavy atom. The van der Waals surface area contributed by atoms with E-state index in [0.717, 1.165) is 5.56 Å². The number of hydrogen-bond acceptors (Lipinski definition) is 9. The molecule has 1 fully saturated rings. The van der Waals surface area contributed by atoms with Crippen molar-refractivity contribution in [3.05, 3.63) is 47.5 Å². The smallest absolute Gasteiger partial charge is 0.226 e. The molecule has 4 rings (SSSR count). The number of hydrogen-bond donors (Lipinski definition) is 5. The van der Waals surface area contributed by atoms with Gasteiger partial charge in [-0.1, -0.05) is 30.3 Å². The van der Waals surface area contributed by atoms with Crippen LogP contribution in [0.15, 0.2) is 36.7 Å². The largest absolute Gasteiger partial charge is 0.394 e. The van der Waals surface area contributed by atoms with Crippen molar-refractivity contribution in [3.8, 4) is 0 Å². The molecule has 2 aromatic heterocycles. The van der Waals surface area contributed by atoms with Gasteiger partial charge in [0, 0.05) is 0 Å². The average molecular weight is 436 g/mol. The van der Waals surface area contributed by atoms with Crippen molar-refractivity contribution in [1.82, 2.24) is 19.5 Å². The first-order chi connectivity index (χ1) is 14.5. The Kier molecular flexibility index (Phi) is 6.14. The van der Waals surface area contributed by atoms with Gasteiger partial charge >= 0.3 is 0 Å². The van der Waals surface area contributed by atoms with Crippen molar-refractivity contribution in [2.45, 2.75) is 37.0 Å². The van der Waals surface area contributed by atoms with Crippen LogP contribution in [0.3, 0.4) is 0 Å². The van der Waals surface area contributed by atoms with Gasteiger partial charge in [0.2, 0.25) is 5.28 Å². The zero-order valence-electron chi connectivity index (χ0n) is 15.8. The summed E-state index contributed by atoms with van der Waals surface area (Å²) in [5.41, 5.74) is 1.69. The van der Waals surface area contributed by atoms with Gasteiger partial charge in [0.15, 0.2) is 23.2 Å². The maximum atomic E-state index is 10.3. The third kappa shape index (κ3) is 3.97. The molecule has 0 amide bonds. The van der Waals surface area contributed by atoms with E-state index in [1.807, 2.05) is 30.3 Å². The van der Waals surface area contributed by atoms with Crippen LogP contribution in [-0.4, -0.2) is 77.5 Å². The van der Waals surface area contributed by atoms with Crippen LogP contribution >= 0.6 is 11.6 Å². The summed E-state index contributed by atoms with van der Waals surface area (Å²) in [5, 5.41) is 42.6. The molecule has 30 heavy (non-hydrogen) atoms. The lowest BCUT2D eigenvalue weighted by Gasteiger charge is -2.18. The van der Waals surface area contributed by atoms with E-state index in [2.05, 4.69) is 20.3 Å². The molecule has 0 radical (unpaired) electrons. The number of nitrogens with zero attached hydrogens (tertiary/aromatic N) is 4. The minimum atomic E-state index is -1.28. The Labute approximate surface area is 176 Å². The number of halogens is 1. The fourth-order valence-electron chi connectivity index (χ4n) is 3.54. The molecule has 1 aliphatic rings. The van der Waals surface area contributed by atoms with Gasteiger partial charge in [-0.2, -0.15) is 9.97 Å². The SMILES string of the molecule is OC[C@@H](Cc1ccccc1)Nc1nc(Cl)nc2c1ncn2C1O[C@H](CO)[C@@H](O)[C@H]1O. The minimum Gasteiger partial charge on any atom is -0.394 e. The molecule has 11 heteroatoms. The summed E-state index contributed by atoms with van der Waals surface area (Å²) >= 11 is 6.11. The number of benzene rings is 1. The molecule has 5 N–H and O–H groups in total. The van der Waals surface area contributed by atoms with Crippen molar-refractivity contribution in [1.29, 1.82) is 0 Å². The van der Waals surface area contributed by atoms with E-state index in [9.17, 15) is 20.4 Å². The molecule has 3 aromatic rings. The van der Waals surface area contributed by atoms with Crippen LogP contribution in [-0.2, 0) is 11.2 Å². The monoisotopic (exact) mass is 435 g/mol. The maximum absolute atomic E-state index is 10.3. The second-order valence-electron chi connectivity index (χ2n) is 7.11. The molecule has 0 bridgehead atoms. The van der Waals surface area contributed by atoms with E-state index in [4.69, 9.17) is 16.3 Å².